The number of ether oxygens (including phenoxy) is 2. The molecule has 2 rings (SSSR count). The highest BCUT2D eigenvalue weighted by Crippen LogP contribution is 2.23. The first-order valence-corrected chi connectivity index (χ1v) is 7.46. The molecule has 0 aliphatic carbocycles. The zero-order chi connectivity index (χ0) is 15.8. The lowest BCUT2D eigenvalue weighted by atomic mass is 10.2. The largest absolute Gasteiger partial charge is 0.457 e. The number of hydrogen-bond donors (Lipinski definition) is 2. The van der Waals surface area contributed by atoms with Gasteiger partial charge in [0.25, 0.3) is 0 Å². The molecule has 0 spiro atoms. The highest BCUT2D eigenvalue weighted by molar-refractivity contribution is 7.80. The van der Waals surface area contributed by atoms with Gasteiger partial charge in [0.2, 0.25) is 0 Å². The second-order valence-electron chi connectivity index (χ2n) is 4.81. The van der Waals surface area contributed by atoms with Gasteiger partial charge in [-0.3, -0.25) is 0 Å². The van der Waals surface area contributed by atoms with Crippen molar-refractivity contribution in [2.45, 2.75) is 6.92 Å². The maximum atomic E-state index is 5.78. The van der Waals surface area contributed by atoms with Crippen LogP contribution in [0.4, 0.5) is 5.69 Å². The second kappa shape index (κ2) is 8.36. The van der Waals surface area contributed by atoms with Crippen LogP contribution in [0.5, 0.6) is 11.5 Å². The van der Waals surface area contributed by atoms with Gasteiger partial charge in [0.15, 0.2) is 5.11 Å². The number of aryl methyl sites for hydroxylation is 1. The molecule has 0 aliphatic heterocycles. The van der Waals surface area contributed by atoms with Crippen LogP contribution in [0.1, 0.15) is 5.56 Å². The summed E-state index contributed by atoms with van der Waals surface area (Å²) in [6, 6.07) is 15.6. The lowest BCUT2D eigenvalue weighted by Gasteiger charge is -2.11. The van der Waals surface area contributed by atoms with Crippen LogP contribution in [0, 0.1) is 6.92 Å². The van der Waals surface area contributed by atoms with Gasteiger partial charge < -0.3 is 20.1 Å². The lowest BCUT2D eigenvalue weighted by molar-refractivity contribution is 0.204. The van der Waals surface area contributed by atoms with Crippen LogP contribution in [-0.4, -0.2) is 25.4 Å². The second-order valence-corrected chi connectivity index (χ2v) is 5.22. The fourth-order valence-corrected chi connectivity index (χ4v) is 2.01. The number of methoxy groups -OCH3 is 1. The van der Waals surface area contributed by atoms with E-state index in [0.29, 0.717) is 18.3 Å². The number of nitrogens with one attached hydrogen (secondary N) is 2. The molecular weight excluding hydrogens is 296 g/mol. The predicted molar refractivity (Wildman–Crippen MR) is 93.8 cm³/mol. The summed E-state index contributed by atoms with van der Waals surface area (Å²) in [5, 5.41) is 6.74. The van der Waals surface area contributed by atoms with Crippen molar-refractivity contribution in [1.29, 1.82) is 0 Å². The Hall–Kier alpha value is -2.11. The normalized spacial score (nSPS) is 10.1. The maximum absolute atomic E-state index is 5.78. The molecule has 0 amide bonds. The zero-order valence-electron chi connectivity index (χ0n) is 12.8. The molecule has 0 unspecified atom stereocenters. The van der Waals surface area contributed by atoms with E-state index in [1.165, 1.54) is 5.56 Å². The lowest BCUT2D eigenvalue weighted by Crippen LogP contribution is -2.31. The molecule has 22 heavy (non-hydrogen) atoms. The molecule has 2 N–H and O–H groups in total. The molecule has 0 aromatic heterocycles. The molecule has 0 heterocycles. The molecule has 0 aliphatic rings. The molecule has 0 saturated heterocycles. The molecule has 116 valence electrons. The number of anilines is 1. The van der Waals surface area contributed by atoms with E-state index in [1.807, 2.05) is 55.5 Å². The molecule has 0 saturated carbocycles. The van der Waals surface area contributed by atoms with Crippen molar-refractivity contribution in [2.75, 3.05) is 25.6 Å². The minimum Gasteiger partial charge on any atom is -0.457 e. The van der Waals surface area contributed by atoms with Crippen LogP contribution in [0.2, 0.25) is 0 Å². The van der Waals surface area contributed by atoms with Crippen molar-refractivity contribution < 1.29 is 9.47 Å². The van der Waals surface area contributed by atoms with Crippen molar-refractivity contribution in [2.24, 2.45) is 0 Å². The molecule has 0 fully saturated rings. The van der Waals surface area contributed by atoms with E-state index in [4.69, 9.17) is 21.7 Å². The van der Waals surface area contributed by atoms with E-state index in [1.54, 1.807) is 7.11 Å². The molecule has 0 bridgehead atoms. The summed E-state index contributed by atoms with van der Waals surface area (Å²) in [4.78, 5) is 0. The van der Waals surface area contributed by atoms with Crippen LogP contribution >= 0.6 is 12.2 Å². The van der Waals surface area contributed by atoms with Crippen molar-refractivity contribution in [1.82, 2.24) is 5.32 Å². The summed E-state index contributed by atoms with van der Waals surface area (Å²) in [5.41, 5.74) is 2.12. The maximum Gasteiger partial charge on any atom is 0.170 e. The van der Waals surface area contributed by atoms with Crippen molar-refractivity contribution in [3.05, 3.63) is 54.1 Å². The minimum absolute atomic E-state index is 0.573. The van der Waals surface area contributed by atoms with Crippen molar-refractivity contribution >= 4 is 23.0 Å². The molecule has 4 nitrogen and oxygen atoms in total. The van der Waals surface area contributed by atoms with Gasteiger partial charge in [-0.2, -0.15) is 0 Å². The molecule has 0 atom stereocenters. The highest BCUT2D eigenvalue weighted by atomic mass is 32.1. The zero-order valence-corrected chi connectivity index (χ0v) is 13.6. The van der Waals surface area contributed by atoms with Crippen LogP contribution in [-0.2, 0) is 4.74 Å². The quantitative estimate of drug-likeness (QED) is 0.628. The number of benzene rings is 2. The number of thiocarbonyl (C=S) groups is 1. The van der Waals surface area contributed by atoms with E-state index in [-0.39, 0.29) is 0 Å². The van der Waals surface area contributed by atoms with E-state index in [9.17, 15) is 0 Å². The van der Waals surface area contributed by atoms with Gasteiger partial charge in [0.1, 0.15) is 11.5 Å². The fourth-order valence-electron chi connectivity index (χ4n) is 1.79. The predicted octanol–water partition coefficient (Wildman–Crippen LogP) is 3.72. The Morgan fingerprint density at radius 2 is 1.59 bits per heavy atom. The van der Waals surface area contributed by atoms with Crippen LogP contribution in [0.3, 0.4) is 0 Å². The fraction of sp³-hybridized carbons (Fsp3) is 0.235. The summed E-state index contributed by atoms with van der Waals surface area (Å²) in [6.45, 7) is 3.34. The third-order valence-electron chi connectivity index (χ3n) is 2.96. The summed E-state index contributed by atoms with van der Waals surface area (Å²) in [6.07, 6.45) is 0. The van der Waals surface area contributed by atoms with E-state index in [2.05, 4.69) is 10.6 Å². The highest BCUT2D eigenvalue weighted by Gasteiger charge is 2.00. The number of rotatable bonds is 6. The summed E-state index contributed by atoms with van der Waals surface area (Å²) in [5.74, 6) is 1.61. The van der Waals surface area contributed by atoms with Gasteiger partial charge >= 0.3 is 0 Å². The molecule has 5 heteroatoms. The van der Waals surface area contributed by atoms with Gasteiger partial charge in [0, 0.05) is 19.3 Å². The molecule has 2 aromatic carbocycles. The molecule has 0 radical (unpaired) electrons. The van der Waals surface area contributed by atoms with Crippen LogP contribution < -0.4 is 15.4 Å². The summed E-state index contributed by atoms with van der Waals surface area (Å²) >= 11 is 5.19. The van der Waals surface area contributed by atoms with Crippen molar-refractivity contribution in [3.8, 4) is 11.5 Å². The molecular formula is C17H20N2O2S. The third kappa shape index (κ3) is 5.35. The Balaban J connectivity index is 1.87. The first-order chi connectivity index (χ1) is 10.7. The van der Waals surface area contributed by atoms with E-state index < -0.39 is 0 Å². The first-order valence-electron chi connectivity index (χ1n) is 7.06. The Labute approximate surface area is 136 Å². The van der Waals surface area contributed by atoms with Crippen LogP contribution in [0.15, 0.2) is 48.5 Å². The van der Waals surface area contributed by atoms with Gasteiger partial charge in [-0.05, 0) is 55.5 Å². The number of hydrogen-bond acceptors (Lipinski definition) is 3. The Kier molecular flexibility index (Phi) is 6.18. The Morgan fingerprint density at radius 3 is 2.18 bits per heavy atom. The van der Waals surface area contributed by atoms with E-state index in [0.717, 1.165) is 17.2 Å². The summed E-state index contributed by atoms with van der Waals surface area (Å²) in [7, 11) is 1.66. The summed E-state index contributed by atoms with van der Waals surface area (Å²) < 4.78 is 10.7. The SMILES string of the molecule is COCCNC(=S)Nc1ccc(Oc2ccc(C)cc2)cc1. The van der Waals surface area contributed by atoms with Crippen LogP contribution in [0.25, 0.3) is 0 Å². The standard InChI is InChI=1S/C17H20N2O2S/c1-13-3-7-15(8-4-13)21-16-9-5-14(6-10-16)19-17(22)18-11-12-20-2/h3-10H,11-12H2,1-2H3,(H2,18,19,22). The molecule has 2 aromatic rings. The van der Waals surface area contributed by atoms with Gasteiger partial charge in [-0.25, -0.2) is 0 Å². The average molecular weight is 316 g/mol. The minimum atomic E-state index is 0.573. The topological polar surface area (TPSA) is 42.5 Å². The Morgan fingerprint density at radius 1 is 1.00 bits per heavy atom. The third-order valence-corrected chi connectivity index (χ3v) is 3.21. The monoisotopic (exact) mass is 316 g/mol. The van der Waals surface area contributed by atoms with Crippen molar-refractivity contribution in [3.63, 3.8) is 0 Å². The van der Waals surface area contributed by atoms with Gasteiger partial charge in [-0.15, -0.1) is 0 Å². The average Bonchev–Trinajstić information content (AvgIpc) is 2.52. The Bertz CT molecular complexity index is 597. The van der Waals surface area contributed by atoms with E-state index >= 15 is 0 Å². The van der Waals surface area contributed by atoms with Gasteiger partial charge in [-0.1, -0.05) is 17.7 Å². The van der Waals surface area contributed by atoms with Gasteiger partial charge in [0.05, 0.1) is 6.61 Å². The smallest absolute Gasteiger partial charge is 0.170 e. The first kappa shape index (κ1) is 16.3.